The lowest BCUT2D eigenvalue weighted by atomic mass is 9.55. The van der Waals surface area contributed by atoms with Gasteiger partial charge in [0.1, 0.15) is 6.61 Å². The number of hydrogen-bond acceptors (Lipinski definition) is 2. The number of carbonyl (C=O) groups is 1. The molecule has 0 saturated heterocycles. The van der Waals surface area contributed by atoms with E-state index >= 15 is 0 Å². The summed E-state index contributed by atoms with van der Waals surface area (Å²) in [5.41, 5.74) is 4.02. The maximum Gasteiger partial charge on any atom is 0.407 e. The van der Waals surface area contributed by atoms with Gasteiger partial charge in [-0.05, 0) is 60.6 Å². The first kappa shape index (κ1) is 18.5. The minimum atomic E-state index is -0.282. The van der Waals surface area contributed by atoms with Crippen molar-refractivity contribution in [1.82, 2.24) is 5.32 Å². The molecule has 0 atom stereocenters. The molecule has 5 rings (SSSR count). The van der Waals surface area contributed by atoms with Gasteiger partial charge >= 0.3 is 6.09 Å². The lowest BCUT2D eigenvalue weighted by Gasteiger charge is -2.53. The van der Waals surface area contributed by atoms with Crippen LogP contribution in [0.4, 0.5) is 4.79 Å². The number of alkyl halides is 1. The molecule has 3 aliphatic carbocycles. The molecule has 1 N–H and O–H groups in total. The second kappa shape index (κ2) is 7.67. The molecule has 3 nitrogen and oxygen atoms in total. The number of benzene rings is 2. The molecule has 4 heteroatoms. The van der Waals surface area contributed by atoms with Gasteiger partial charge in [0.15, 0.2) is 0 Å². The molecule has 2 aromatic carbocycles. The predicted molar refractivity (Wildman–Crippen MR) is 111 cm³/mol. The smallest absolute Gasteiger partial charge is 0.407 e. The highest BCUT2D eigenvalue weighted by molar-refractivity contribution is 9.08. The van der Waals surface area contributed by atoms with Crippen molar-refractivity contribution in [2.24, 2.45) is 0 Å². The maximum atomic E-state index is 12.3. The van der Waals surface area contributed by atoms with E-state index in [-0.39, 0.29) is 11.6 Å². The molecule has 0 spiro atoms. The Kier molecular flexibility index (Phi) is 5.27. The summed E-state index contributed by atoms with van der Waals surface area (Å²) in [4.78, 5) is 12.3. The fourth-order valence-electron chi connectivity index (χ4n) is 4.73. The van der Waals surface area contributed by atoms with Crippen LogP contribution in [-0.2, 0) is 22.1 Å². The van der Waals surface area contributed by atoms with Crippen molar-refractivity contribution < 1.29 is 9.53 Å². The first-order chi connectivity index (χ1) is 13.1. The molecule has 27 heavy (non-hydrogen) atoms. The topological polar surface area (TPSA) is 38.3 Å². The summed E-state index contributed by atoms with van der Waals surface area (Å²) in [5.74, 6) is 0. The van der Waals surface area contributed by atoms with Crippen LogP contribution in [0.3, 0.4) is 0 Å². The quantitative estimate of drug-likeness (QED) is 0.607. The number of carbonyl (C=O) groups excluding carboxylic acids is 1. The molecule has 2 aromatic rings. The average molecular weight is 428 g/mol. The van der Waals surface area contributed by atoms with Crippen LogP contribution in [0.2, 0.25) is 0 Å². The minimum Gasteiger partial charge on any atom is -0.445 e. The fraction of sp³-hybridized carbons (Fsp3) is 0.435. The molecule has 1 amide bonds. The maximum absolute atomic E-state index is 12.3. The van der Waals surface area contributed by atoms with Crippen molar-refractivity contribution in [3.8, 4) is 0 Å². The zero-order valence-corrected chi connectivity index (χ0v) is 17.1. The molecule has 3 fully saturated rings. The van der Waals surface area contributed by atoms with Crippen LogP contribution in [0, 0.1) is 0 Å². The van der Waals surface area contributed by atoms with E-state index in [4.69, 9.17) is 4.74 Å². The Labute approximate surface area is 169 Å². The van der Waals surface area contributed by atoms with Gasteiger partial charge in [-0.1, -0.05) is 70.5 Å². The van der Waals surface area contributed by atoms with Gasteiger partial charge in [-0.25, -0.2) is 4.79 Å². The number of ether oxygens (including phenoxy) is 1. The SMILES string of the molecule is O=C(NC12CCC(c3ccc(CBr)cc3)(CC1)CC2)OCc1ccccc1. The van der Waals surface area contributed by atoms with E-state index in [0.717, 1.165) is 49.4 Å². The van der Waals surface area contributed by atoms with Gasteiger partial charge in [-0.15, -0.1) is 0 Å². The molecule has 2 bridgehead atoms. The summed E-state index contributed by atoms with van der Waals surface area (Å²) in [6.07, 6.45) is 6.24. The van der Waals surface area contributed by atoms with E-state index < -0.39 is 0 Å². The lowest BCUT2D eigenvalue weighted by molar-refractivity contribution is 0.0630. The van der Waals surface area contributed by atoms with Crippen molar-refractivity contribution in [3.63, 3.8) is 0 Å². The van der Waals surface area contributed by atoms with Crippen LogP contribution in [0.15, 0.2) is 54.6 Å². The van der Waals surface area contributed by atoms with Crippen molar-refractivity contribution in [2.75, 3.05) is 0 Å². The minimum absolute atomic E-state index is 0.0781. The largest absolute Gasteiger partial charge is 0.445 e. The van der Waals surface area contributed by atoms with Crippen molar-refractivity contribution in [3.05, 3.63) is 71.3 Å². The fourth-order valence-corrected chi connectivity index (χ4v) is 5.10. The van der Waals surface area contributed by atoms with Gasteiger partial charge < -0.3 is 10.1 Å². The Morgan fingerprint density at radius 3 is 2.11 bits per heavy atom. The van der Waals surface area contributed by atoms with Gasteiger partial charge in [0.25, 0.3) is 0 Å². The highest BCUT2D eigenvalue weighted by atomic mass is 79.9. The summed E-state index contributed by atoms with van der Waals surface area (Å²) < 4.78 is 5.46. The van der Waals surface area contributed by atoms with E-state index in [1.54, 1.807) is 0 Å². The molecular weight excluding hydrogens is 402 g/mol. The van der Waals surface area contributed by atoms with Gasteiger partial charge in [-0.2, -0.15) is 0 Å². The Bertz CT molecular complexity index is 763. The molecule has 3 saturated carbocycles. The standard InChI is InChI=1S/C23H26BrNO2/c24-16-18-6-8-20(9-7-18)22-10-13-23(14-11-22,15-12-22)25-21(26)27-17-19-4-2-1-3-5-19/h1-9H,10-17H2,(H,25,26). The van der Waals surface area contributed by atoms with Gasteiger partial charge in [0, 0.05) is 10.9 Å². The van der Waals surface area contributed by atoms with Gasteiger partial charge in [0.2, 0.25) is 0 Å². The number of halogens is 1. The zero-order chi connectivity index (χ0) is 18.7. The van der Waals surface area contributed by atoms with Crippen LogP contribution < -0.4 is 5.32 Å². The summed E-state index contributed by atoms with van der Waals surface area (Å²) in [6.45, 7) is 0.326. The monoisotopic (exact) mass is 427 g/mol. The number of rotatable bonds is 5. The number of amides is 1. The molecular formula is C23H26BrNO2. The van der Waals surface area contributed by atoms with Crippen LogP contribution in [0.5, 0.6) is 0 Å². The van der Waals surface area contributed by atoms with Crippen LogP contribution in [0.1, 0.15) is 55.2 Å². The number of alkyl carbamates (subject to hydrolysis) is 1. The van der Waals surface area contributed by atoms with E-state index in [2.05, 4.69) is 45.5 Å². The van der Waals surface area contributed by atoms with Crippen LogP contribution >= 0.6 is 15.9 Å². The summed E-state index contributed by atoms with van der Waals surface area (Å²) in [7, 11) is 0. The Balaban J connectivity index is 1.35. The highest BCUT2D eigenvalue weighted by Crippen LogP contribution is 2.53. The highest BCUT2D eigenvalue weighted by Gasteiger charge is 2.50. The van der Waals surface area contributed by atoms with E-state index in [9.17, 15) is 4.79 Å². The summed E-state index contributed by atoms with van der Waals surface area (Å²) in [5, 5.41) is 4.11. The molecule has 0 radical (unpaired) electrons. The number of hydrogen-bond donors (Lipinski definition) is 1. The zero-order valence-electron chi connectivity index (χ0n) is 15.5. The molecule has 0 aromatic heterocycles. The van der Waals surface area contributed by atoms with E-state index in [0.29, 0.717) is 12.0 Å². The first-order valence-electron chi connectivity index (χ1n) is 9.77. The molecule has 0 heterocycles. The Hall–Kier alpha value is -1.81. The Morgan fingerprint density at radius 2 is 1.52 bits per heavy atom. The molecule has 142 valence electrons. The Morgan fingerprint density at radius 1 is 0.889 bits per heavy atom. The van der Waals surface area contributed by atoms with E-state index in [1.165, 1.54) is 11.1 Å². The number of fused-ring (bicyclic) bond motifs is 3. The van der Waals surface area contributed by atoms with Crippen LogP contribution in [-0.4, -0.2) is 11.6 Å². The lowest BCUT2D eigenvalue weighted by Crippen LogP contribution is -2.57. The molecule has 0 unspecified atom stereocenters. The predicted octanol–water partition coefficient (Wildman–Crippen LogP) is 5.85. The normalized spacial score (nSPS) is 26.6. The second-order valence-corrected chi connectivity index (χ2v) is 8.64. The molecule has 3 aliphatic rings. The van der Waals surface area contributed by atoms with Crippen molar-refractivity contribution in [1.29, 1.82) is 0 Å². The second-order valence-electron chi connectivity index (χ2n) is 8.08. The van der Waals surface area contributed by atoms with Gasteiger partial charge in [-0.3, -0.25) is 0 Å². The van der Waals surface area contributed by atoms with E-state index in [1.807, 2.05) is 30.3 Å². The van der Waals surface area contributed by atoms with Crippen molar-refractivity contribution in [2.45, 2.75) is 61.4 Å². The third-order valence-corrected chi connectivity index (χ3v) is 7.19. The molecule has 0 aliphatic heterocycles. The number of nitrogens with one attached hydrogen (secondary N) is 1. The summed E-state index contributed by atoms with van der Waals surface area (Å²) in [6, 6.07) is 18.9. The first-order valence-corrected chi connectivity index (χ1v) is 10.9. The third-order valence-electron chi connectivity index (χ3n) is 6.55. The van der Waals surface area contributed by atoms with Crippen LogP contribution in [0.25, 0.3) is 0 Å². The third kappa shape index (κ3) is 3.91. The van der Waals surface area contributed by atoms with Crippen molar-refractivity contribution >= 4 is 22.0 Å². The van der Waals surface area contributed by atoms with Gasteiger partial charge in [0.05, 0.1) is 0 Å². The summed E-state index contributed by atoms with van der Waals surface area (Å²) >= 11 is 3.52. The average Bonchev–Trinajstić information content (AvgIpc) is 2.74.